The van der Waals surface area contributed by atoms with Crippen LogP contribution in [0.1, 0.15) is 11.1 Å². The summed E-state index contributed by atoms with van der Waals surface area (Å²) >= 11 is 5.82. The maximum absolute atomic E-state index is 11.2. The number of nitrogens with two attached hydrogens (primary N) is 1. The first-order chi connectivity index (χ1) is 10.5. The molecule has 0 spiro atoms. The summed E-state index contributed by atoms with van der Waals surface area (Å²) in [6, 6.07) is 7.24. The van der Waals surface area contributed by atoms with Gasteiger partial charge in [0.25, 0.3) is 0 Å². The van der Waals surface area contributed by atoms with Crippen LogP contribution in [0.3, 0.4) is 0 Å². The number of rotatable bonds is 4. The molecule has 1 aromatic carbocycles. The van der Waals surface area contributed by atoms with E-state index < -0.39 is 6.09 Å². The molecule has 7 nitrogen and oxygen atoms in total. The minimum absolute atomic E-state index is 0.115. The highest BCUT2D eigenvalue weighted by atomic mass is 35.5. The SMILES string of the molecule is COC(=O)Nc1ccc(CNc2cc(Cl)nc(N)n2)cc1C. The number of aromatic nitrogens is 2. The number of benzene rings is 1. The van der Waals surface area contributed by atoms with Crippen molar-refractivity contribution in [1.82, 2.24) is 9.97 Å². The Kier molecular flexibility index (Phi) is 5.00. The van der Waals surface area contributed by atoms with Crippen molar-refractivity contribution >= 4 is 35.1 Å². The highest BCUT2D eigenvalue weighted by Gasteiger charge is 2.05. The number of halogens is 1. The quantitative estimate of drug-likeness (QED) is 0.748. The molecule has 22 heavy (non-hydrogen) atoms. The lowest BCUT2D eigenvalue weighted by atomic mass is 10.1. The van der Waals surface area contributed by atoms with E-state index in [0.717, 1.165) is 11.1 Å². The normalized spacial score (nSPS) is 10.1. The molecule has 0 aliphatic heterocycles. The van der Waals surface area contributed by atoms with E-state index in [1.165, 1.54) is 7.11 Å². The molecule has 4 N–H and O–H groups in total. The molecule has 0 radical (unpaired) electrons. The zero-order valence-corrected chi connectivity index (χ0v) is 12.9. The molecule has 0 unspecified atom stereocenters. The van der Waals surface area contributed by atoms with Gasteiger partial charge in [0.2, 0.25) is 5.95 Å². The Balaban J connectivity index is 2.04. The fourth-order valence-electron chi connectivity index (χ4n) is 1.86. The van der Waals surface area contributed by atoms with Gasteiger partial charge in [-0.15, -0.1) is 0 Å². The third-order valence-electron chi connectivity index (χ3n) is 2.90. The van der Waals surface area contributed by atoms with Gasteiger partial charge in [-0.1, -0.05) is 23.7 Å². The lowest BCUT2D eigenvalue weighted by molar-refractivity contribution is 0.187. The summed E-state index contributed by atoms with van der Waals surface area (Å²) in [5, 5.41) is 6.03. The predicted octanol–water partition coefficient (Wildman–Crippen LogP) is 2.81. The third-order valence-corrected chi connectivity index (χ3v) is 3.09. The summed E-state index contributed by atoms with van der Waals surface area (Å²) < 4.78 is 4.57. The van der Waals surface area contributed by atoms with Gasteiger partial charge in [-0.25, -0.2) is 9.78 Å². The van der Waals surface area contributed by atoms with Crippen LogP contribution in [0.2, 0.25) is 5.15 Å². The Hall–Kier alpha value is -2.54. The second kappa shape index (κ2) is 6.95. The van der Waals surface area contributed by atoms with E-state index in [1.807, 2.05) is 25.1 Å². The van der Waals surface area contributed by atoms with E-state index in [9.17, 15) is 4.79 Å². The van der Waals surface area contributed by atoms with Crippen LogP contribution in [0.4, 0.5) is 22.2 Å². The molecular formula is C14H16ClN5O2. The first kappa shape index (κ1) is 15.8. The second-order valence-electron chi connectivity index (χ2n) is 4.55. The number of nitrogen functional groups attached to an aromatic ring is 1. The summed E-state index contributed by atoms with van der Waals surface area (Å²) in [5.74, 6) is 0.663. The van der Waals surface area contributed by atoms with Crippen LogP contribution >= 0.6 is 11.6 Å². The van der Waals surface area contributed by atoms with Gasteiger partial charge in [0.1, 0.15) is 11.0 Å². The third kappa shape index (κ3) is 4.23. The largest absolute Gasteiger partial charge is 0.453 e. The van der Waals surface area contributed by atoms with E-state index in [-0.39, 0.29) is 11.1 Å². The summed E-state index contributed by atoms with van der Waals surface area (Å²) in [4.78, 5) is 19.0. The van der Waals surface area contributed by atoms with Gasteiger partial charge in [-0.3, -0.25) is 5.32 Å². The average molecular weight is 322 g/mol. The standard InChI is InChI=1S/C14H16ClN5O2/c1-8-5-9(3-4-10(8)18-14(21)22-2)7-17-12-6-11(15)19-13(16)20-12/h3-6H,7H2,1-2H3,(H,18,21)(H3,16,17,19,20). The summed E-state index contributed by atoms with van der Waals surface area (Å²) in [7, 11) is 1.32. The number of ether oxygens (including phenoxy) is 1. The van der Waals surface area contributed by atoms with Crippen molar-refractivity contribution in [2.45, 2.75) is 13.5 Å². The van der Waals surface area contributed by atoms with Gasteiger partial charge >= 0.3 is 6.09 Å². The molecule has 0 saturated heterocycles. The zero-order valence-electron chi connectivity index (χ0n) is 12.2. The molecule has 1 aromatic heterocycles. The van der Waals surface area contributed by atoms with Crippen LogP contribution < -0.4 is 16.4 Å². The predicted molar refractivity (Wildman–Crippen MR) is 86.0 cm³/mol. The number of hydrogen-bond acceptors (Lipinski definition) is 6. The topological polar surface area (TPSA) is 102 Å². The first-order valence-electron chi connectivity index (χ1n) is 6.46. The zero-order chi connectivity index (χ0) is 16.1. The van der Waals surface area contributed by atoms with Crippen LogP contribution in [0, 0.1) is 6.92 Å². The van der Waals surface area contributed by atoms with Crippen molar-refractivity contribution in [3.05, 3.63) is 40.5 Å². The molecule has 8 heteroatoms. The number of nitrogens with zero attached hydrogens (tertiary/aromatic N) is 2. The van der Waals surface area contributed by atoms with Gasteiger partial charge in [0.15, 0.2) is 0 Å². The fraction of sp³-hybridized carbons (Fsp3) is 0.214. The molecule has 1 amide bonds. The maximum atomic E-state index is 11.2. The number of nitrogens with one attached hydrogen (secondary N) is 2. The van der Waals surface area contributed by atoms with E-state index in [0.29, 0.717) is 18.1 Å². The Morgan fingerprint density at radius 1 is 1.36 bits per heavy atom. The molecule has 0 atom stereocenters. The summed E-state index contributed by atoms with van der Waals surface area (Å²) in [6.45, 7) is 2.43. The molecule has 0 fully saturated rings. The molecule has 0 bridgehead atoms. The van der Waals surface area contributed by atoms with Crippen molar-refractivity contribution in [3.8, 4) is 0 Å². The van der Waals surface area contributed by atoms with Gasteiger partial charge in [-0.2, -0.15) is 4.98 Å². The van der Waals surface area contributed by atoms with Crippen molar-refractivity contribution in [3.63, 3.8) is 0 Å². The molecule has 2 aromatic rings. The molecule has 0 aliphatic rings. The number of carbonyl (C=O) groups is 1. The first-order valence-corrected chi connectivity index (χ1v) is 6.84. The number of methoxy groups -OCH3 is 1. The molecule has 2 rings (SSSR count). The Morgan fingerprint density at radius 2 is 2.14 bits per heavy atom. The van der Waals surface area contributed by atoms with Crippen LogP contribution in [-0.2, 0) is 11.3 Å². The Labute approximate surface area is 132 Å². The van der Waals surface area contributed by atoms with Gasteiger partial charge < -0.3 is 15.8 Å². The number of carbonyl (C=O) groups excluding carboxylic acids is 1. The average Bonchev–Trinajstić information content (AvgIpc) is 2.46. The number of hydrogen-bond donors (Lipinski definition) is 3. The van der Waals surface area contributed by atoms with Crippen molar-refractivity contribution in [2.75, 3.05) is 23.5 Å². The highest BCUT2D eigenvalue weighted by Crippen LogP contribution is 2.18. The Morgan fingerprint density at radius 3 is 2.77 bits per heavy atom. The van der Waals surface area contributed by atoms with Gasteiger partial charge in [0, 0.05) is 18.3 Å². The fourth-order valence-corrected chi connectivity index (χ4v) is 2.05. The highest BCUT2D eigenvalue weighted by molar-refractivity contribution is 6.29. The van der Waals surface area contributed by atoms with E-state index in [2.05, 4.69) is 25.3 Å². The Bertz CT molecular complexity index is 673. The molecule has 0 aliphatic carbocycles. The lowest BCUT2D eigenvalue weighted by Crippen LogP contribution is -2.12. The number of aryl methyl sites for hydroxylation is 1. The minimum Gasteiger partial charge on any atom is -0.453 e. The molecule has 116 valence electrons. The van der Waals surface area contributed by atoms with Crippen LogP contribution in [-0.4, -0.2) is 23.2 Å². The van der Waals surface area contributed by atoms with Crippen LogP contribution in [0.5, 0.6) is 0 Å². The lowest BCUT2D eigenvalue weighted by Gasteiger charge is -2.11. The maximum Gasteiger partial charge on any atom is 0.411 e. The van der Waals surface area contributed by atoms with Crippen molar-refractivity contribution in [2.24, 2.45) is 0 Å². The van der Waals surface area contributed by atoms with E-state index in [4.69, 9.17) is 17.3 Å². The van der Waals surface area contributed by atoms with E-state index in [1.54, 1.807) is 6.07 Å². The van der Waals surface area contributed by atoms with Crippen molar-refractivity contribution < 1.29 is 9.53 Å². The van der Waals surface area contributed by atoms with Crippen LogP contribution in [0.15, 0.2) is 24.3 Å². The smallest absolute Gasteiger partial charge is 0.411 e. The number of amides is 1. The van der Waals surface area contributed by atoms with Crippen LogP contribution in [0.25, 0.3) is 0 Å². The minimum atomic E-state index is -0.500. The second-order valence-corrected chi connectivity index (χ2v) is 4.94. The van der Waals surface area contributed by atoms with E-state index >= 15 is 0 Å². The molecule has 1 heterocycles. The van der Waals surface area contributed by atoms with Crippen molar-refractivity contribution in [1.29, 1.82) is 0 Å². The number of anilines is 3. The monoisotopic (exact) mass is 321 g/mol. The van der Waals surface area contributed by atoms with Gasteiger partial charge in [0.05, 0.1) is 7.11 Å². The van der Waals surface area contributed by atoms with Gasteiger partial charge in [-0.05, 0) is 24.1 Å². The summed E-state index contributed by atoms with van der Waals surface area (Å²) in [6.07, 6.45) is -0.500. The molecular weight excluding hydrogens is 306 g/mol. The molecule has 0 saturated carbocycles. The summed E-state index contributed by atoms with van der Waals surface area (Å²) in [5.41, 5.74) is 8.17.